The first-order valence-electron chi connectivity index (χ1n) is 4.96. The first-order valence-corrected chi connectivity index (χ1v) is 4.96. The molecule has 1 N–H and O–H groups in total. The second-order valence-corrected chi connectivity index (χ2v) is 3.85. The minimum Gasteiger partial charge on any atom is -0.391 e. The van der Waals surface area contributed by atoms with Gasteiger partial charge in [0.15, 0.2) is 0 Å². The lowest BCUT2D eigenvalue weighted by atomic mass is 9.96. The lowest BCUT2D eigenvalue weighted by molar-refractivity contribution is 0.102. The van der Waals surface area contributed by atoms with E-state index in [0.717, 1.165) is 18.8 Å². The van der Waals surface area contributed by atoms with E-state index >= 15 is 0 Å². The van der Waals surface area contributed by atoms with E-state index in [2.05, 4.69) is 21.8 Å². The third-order valence-electron chi connectivity index (χ3n) is 2.81. The molecule has 0 bridgehead atoms. The second kappa shape index (κ2) is 3.92. The van der Waals surface area contributed by atoms with Gasteiger partial charge in [0.05, 0.1) is 6.10 Å². The zero-order valence-electron chi connectivity index (χ0n) is 8.30. The van der Waals surface area contributed by atoms with E-state index in [1.165, 1.54) is 0 Å². The average Bonchev–Trinajstić information content (AvgIpc) is 2.23. The molecule has 76 valence electrons. The molecule has 1 saturated heterocycles. The SMILES string of the molecule is CC1CCN(c2ccncn2)CC1O. The molecule has 4 heteroatoms. The molecule has 0 saturated carbocycles. The highest BCUT2D eigenvalue weighted by atomic mass is 16.3. The highest BCUT2D eigenvalue weighted by Crippen LogP contribution is 2.20. The van der Waals surface area contributed by atoms with Crippen LogP contribution in [0.4, 0.5) is 5.82 Å². The largest absolute Gasteiger partial charge is 0.391 e. The number of aliphatic hydroxyl groups excluding tert-OH is 1. The van der Waals surface area contributed by atoms with Crippen molar-refractivity contribution in [3.05, 3.63) is 18.6 Å². The van der Waals surface area contributed by atoms with Crippen molar-refractivity contribution in [1.82, 2.24) is 9.97 Å². The normalized spacial score (nSPS) is 27.7. The van der Waals surface area contributed by atoms with Crippen molar-refractivity contribution in [2.45, 2.75) is 19.4 Å². The molecule has 0 aliphatic carbocycles. The molecule has 1 aliphatic heterocycles. The van der Waals surface area contributed by atoms with Gasteiger partial charge in [-0.05, 0) is 18.4 Å². The van der Waals surface area contributed by atoms with Crippen molar-refractivity contribution in [1.29, 1.82) is 0 Å². The van der Waals surface area contributed by atoms with Crippen molar-refractivity contribution >= 4 is 5.82 Å². The van der Waals surface area contributed by atoms with Gasteiger partial charge in [0, 0.05) is 19.3 Å². The molecule has 1 aromatic rings. The Labute approximate surface area is 83.6 Å². The van der Waals surface area contributed by atoms with Crippen LogP contribution in [0.2, 0.25) is 0 Å². The van der Waals surface area contributed by atoms with Gasteiger partial charge in [-0.15, -0.1) is 0 Å². The van der Waals surface area contributed by atoms with Crippen molar-refractivity contribution in [3.8, 4) is 0 Å². The first-order chi connectivity index (χ1) is 6.77. The topological polar surface area (TPSA) is 49.2 Å². The van der Waals surface area contributed by atoms with Gasteiger partial charge >= 0.3 is 0 Å². The maximum atomic E-state index is 9.72. The van der Waals surface area contributed by atoms with Crippen LogP contribution in [-0.2, 0) is 0 Å². The van der Waals surface area contributed by atoms with E-state index in [-0.39, 0.29) is 6.10 Å². The minimum absolute atomic E-state index is 0.237. The number of rotatable bonds is 1. The molecule has 2 atom stereocenters. The van der Waals surface area contributed by atoms with Crippen molar-refractivity contribution < 1.29 is 5.11 Å². The standard InChI is InChI=1S/C10H15N3O/c1-8-3-5-13(6-9(8)14)10-2-4-11-7-12-10/h2,4,7-9,14H,3,5-6H2,1H3. The third kappa shape index (κ3) is 1.85. The summed E-state index contributed by atoms with van der Waals surface area (Å²) in [4.78, 5) is 10.1. The summed E-state index contributed by atoms with van der Waals surface area (Å²) >= 11 is 0. The van der Waals surface area contributed by atoms with Crippen LogP contribution in [0.1, 0.15) is 13.3 Å². The average molecular weight is 193 g/mol. The zero-order valence-corrected chi connectivity index (χ0v) is 8.30. The molecular formula is C10H15N3O. The first kappa shape index (κ1) is 9.40. The highest BCUT2D eigenvalue weighted by molar-refractivity contribution is 5.37. The Hall–Kier alpha value is -1.16. The summed E-state index contributed by atoms with van der Waals surface area (Å²) in [6.07, 6.45) is 4.05. The molecule has 2 unspecified atom stereocenters. The molecular weight excluding hydrogens is 178 g/mol. The van der Waals surface area contributed by atoms with E-state index in [9.17, 15) is 5.11 Å². The van der Waals surface area contributed by atoms with Crippen LogP contribution in [0.3, 0.4) is 0 Å². The molecule has 2 rings (SSSR count). The number of anilines is 1. The molecule has 2 heterocycles. The minimum atomic E-state index is -0.237. The van der Waals surface area contributed by atoms with Gasteiger partial charge in [0.1, 0.15) is 12.1 Å². The Morgan fingerprint density at radius 2 is 2.43 bits per heavy atom. The van der Waals surface area contributed by atoms with E-state index in [1.807, 2.05) is 6.07 Å². The summed E-state index contributed by atoms with van der Waals surface area (Å²) in [5.74, 6) is 1.30. The molecule has 0 radical (unpaired) electrons. The molecule has 1 aromatic heterocycles. The Kier molecular flexibility index (Phi) is 2.63. The number of aliphatic hydroxyl groups is 1. The van der Waals surface area contributed by atoms with Crippen LogP contribution < -0.4 is 4.90 Å². The van der Waals surface area contributed by atoms with Gasteiger partial charge in [-0.2, -0.15) is 0 Å². The molecule has 0 aromatic carbocycles. The third-order valence-corrected chi connectivity index (χ3v) is 2.81. The number of piperidine rings is 1. The van der Waals surface area contributed by atoms with Gasteiger partial charge in [0.25, 0.3) is 0 Å². The Balaban J connectivity index is 2.07. The fourth-order valence-electron chi connectivity index (χ4n) is 1.73. The van der Waals surface area contributed by atoms with Crippen molar-refractivity contribution in [2.24, 2.45) is 5.92 Å². The summed E-state index contributed by atoms with van der Waals surface area (Å²) in [6.45, 7) is 3.73. The number of nitrogens with zero attached hydrogens (tertiary/aromatic N) is 3. The molecule has 14 heavy (non-hydrogen) atoms. The van der Waals surface area contributed by atoms with Gasteiger partial charge < -0.3 is 10.0 Å². The zero-order chi connectivity index (χ0) is 9.97. The molecule has 0 spiro atoms. The summed E-state index contributed by atoms with van der Waals surface area (Å²) in [6, 6.07) is 1.88. The van der Waals surface area contributed by atoms with E-state index in [1.54, 1.807) is 12.5 Å². The molecule has 4 nitrogen and oxygen atoms in total. The van der Waals surface area contributed by atoms with Crippen LogP contribution in [-0.4, -0.2) is 34.3 Å². The molecule has 1 aliphatic rings. The van der Waals surface area contributed by atoms with Gasteiger partial charge in [0.2, 0.25) is 0 Å². The van der Waals surface area contributed by atoms with Crippen LogP contribution in [0.15, 0.2) is 18.6 Å². The van der Waals surface area contributed by atoms with Crippen LogP contribution >= 0.6 is 0 Å². The van der Waals surface area contributed by atoms with Gasteiger partial charge in [-0.25, -0.2) is 9.97 Å². The molecule has 0 amide bonds. The van der Waals surface area contributed by atoms with E-state index < -0.39 is 0 Å². The van der Waals surface area contributed by atoms with Crippen LogP contribution in [0.5, 0.6) is 0 Å². The summed E-state index contributed by atoms with van der Waals surface area (Å²) in [5.41, 5.74) is 0. The van der Waals surface area contributed by atoms with Crippen LogP contribution in [0, 0.1) is 5.92 Å². The van der Waals surface area contributed by atoms with Gasteiger partial charge in [-0.1, -0.05) is 6.92 Å². The smallest absolute Gasteiger partial charge is 0.131 e. The Bertz CT molecular complexity index is 291. The lowest BCUT2D eigenvalue weighted by Crippen LogP contribution is -2.43. The molecule has 1 fully saturated rings. The predicted octanol–water partition coefficient (Wildman–Crippen LogP) is 0.684. The summed E-state index contributed by atoms with van der Waals surface area (Å²) in [5, 5.41) is 9.72. The maximum absolute atomic E-state index is 9.72. The van der Waals surface area contributed by atoms with Gasteiger partial charge in [-0.3, -0.25) is 0 Å². The summed E-state index contributed by atoms with van der Waals surface area (Å²) in [7, 11) is 0. The Morgan fingerprint density at radius 3 is 3.07 bits per heavy atom. The monoisotopic (exact) mass is 193 g/mol. The number of β-amino-alcohol motifs (C(OH)–C–C–N with tert-alkyl or cyclic N) is 1. The predicted molar refractivity (Wildman–Crippen MR) is 54.0 cm³/mol. The number of aromatic nitrogens is 2. The maximum Gasteiger partial charge on any atom is 0.131 e. The van der Waals surface area contributed by atoms with E-state index in [4.69, 9.17) is 0 Å². The van der Waals surface area contributed by atoms with E-state index in [0.29, 0.717) is 12.5 Å². The lowest BCUT2D eigenvalue weighted by Gasteiger charge is -2.34. The fourth-order valence-corrected chi connectivity index (χ4v) is 1.73. The van der Waals surface area contributed by atoms with Crippen molar-refractivity contribution in [2.75, 3.05) is 18.0 Å². The highest BCUT2D eigenvalue weighted by Gasteiger charge is 2.24. The number of hydrogen-bond acceptors (Lipinski definition) is 4. The second-order valence-electron chi connectivity index (χ2n) is 3.85. The number of hydrogen-bond donors (Lipinski definition) is 1. The Morgan fingerprint density at radius 1 is 1.57 bits per heavy atom. The van der Waals surface area contributed by atoms with Crippen molar-refractivity contribution in [3.63, 3.8) is 0 Å². The van der Waals surface area contributed by atoms with Crippen LogP contribution in [0.25, 0.3) is 0 Å². The summed E-state index contributed by atoms with van der Waals surface area (Å²) < 4.78 is 0. The quantitative estimate of drug-likeness (QED) is 0.712. The fraction of sp³-hybridized carbons (Fsp3) is 0.600.